The Hall–Kier alpha value is -2.15. The molecule has 1 saturated heterocycles. The van der Waals surface area contributed by atoms with E-state index in [1.54, 1.807) is 4.90 Å². The van der Waals surface area contributed by atoms with Crippen LogP contribution in [0.2, 0.25) is 0 Å². The van der Waals surface area contributed by atoms with Crippen LogP contribution in [0.5, 0.6) is 0 Å². The second-order valence-electron chi connectivity index (χ2n) is 6.97. The molecule has 0 radical (unpaired) electrons. The number of amides is 2. The summed E-state index contributed by atoms with van der Waals surface area (Å²) in [7, 11) is 0. The fourth-order valence-electron chi connectivity index (χ4n) is 2.62. The Morgan fingerprint density at radius 2 is 1.96 bits per heavy atom. The van der Waals surface area contributed by atoms with Crippen molar-refractivity contribution in [2.24, 2.45) is 5.73 Å². The maximum absolute atomic E-state index is 13.0. The summed E-state index contributed by atoms with van der Waals surface area (Å²) in [5.74, 6) is -0.920. The molecular weight excluding hydrogens is 313 g/mol. The van der Waals surface area contributed by atoms with Crippen molar-refractivity contribution < 1.29 is 18.7 Å². The zero-order chi connectivity index (χ0) is 17.9. The Morgan fingerprint density at radius 1 is 1.33 bits per heavy atom. The summed E-state index contributed by atoms with van der Waals surface area (Å²) in [6.07, 6.45) is 0.314. The number of ether oxygens (including phenoxy) is 1. The molecule has 0 bridgehead atoms. The molecule has 1 aliphatic rings. The first-order valence-electron chi connectivity index (χ1n) is 7.94. The lowest BCUT2D eigenvalue weighted by molar-refractivity contribution is -0.120. The number of carbonyl (C=O) groups excluding carboxylic acids is 2. The monoisotopic (exact) mass is 337 g/mol. The van der Waals surface area contributed by atoms with E-state index < -0.39 is 17.6 Å². The minimum atomic E-state index is -0.728. The number of benzene rings is 1. The molecule has 6 nitrogen and oxygen atoms in total. The predicted octanol–water partition coefficient (Wildman–Crippen LogP) is 1.95. The van der Waals surface area contributed by atoms with Gasteiger partial charge in [0.05, 0.1) is 0 Å². The molecule has 0 saturated carbocycles. The zero-order valence-corrected chi connectivity index (χ0v) is 14.2. The Balaban J connectivity index is 1.98. The third-order valence-electron chi connectivity index (χ3n) is 3.73. The number of halogens is 1. The van der Waals surface area contributed by atoms with E-state index in [2.05, 4.69) is 5.32 Å². The van der Waals surface area contributed by atoms with Crippen LogP contribution in [0.1, 0.15) is 38.8 Å². The fourth-order valence-corrected chi connectivity index (χ4v) is 2.62. The molecule has 7 heteroatoms. The first kappa shape index (κ1) is 18.2. The summed E-state index contributed by atoms with van der Waals surface area (Å²) >= 11 is 0. The van der Waals surface area contributed by atoms with Crippen molar-refractivity contribution in [3.05, 3.63) is 35.6 Å². The number of carbonyl (C=O) groups is 2. The largest absolute Gasteiger partial charge is 0.444 e. The van der Waals surface area contributed by atoms with Gasteiger partial charge in [-0.25, -0.2) is 9.18 Å². The van der Waals surface area contributed by atoms with Crippen LogP contribution >= 0.6 is 0 Å². The van der Waals surface area contributed by atoms with Gasteiger partial charge in [0, 0.05) is 19.1 Å². The van der Waals surface area contributed by atoms with Crippen molar-refractivity contribution in [2.45, 2.75) is 44.9 Å². The van der Waals surface area contributed by atoms with Crippen LogP contribution in [0.3, 0.4) is 0 Å². The van der Waals surface area contributed by atoms with E-state index in [1.807, 2.05) is 20.8 Å². The minimum Gasteiger partial charge on any atom is -0.444 e. The van der Waals surface area contributed by atoms with Crippen LogP contribution in [0.25, 0.3) is 0 Å². The maximum atomic E-state index is 13.0. The van der Waals surface area contributed by atoms with Crippen LogP contribution in [-0.4, -0.2) is 41.6 Å². The smallest absolute Gasteiger partial charge is 0.410 e. The highest BCUT2D eigenvalue weighted by molar-refractivity contribution is 5.81. The molecular formula is C17H24FN3O3. The van der Waals surface area contributed by atoms with Gasteiger partial charge in [-0.2, -0.15) is 0 Å². The van der Waals surface area contributed by atoms with Crippen LogP contribution in [0, 0.1) is 5.82 Å². The van der Waals surface area contributed by atoms with Crippen LogP contribution in [0.15, 0.2) is 24.3 Å². The molecule has 2 amide bonds. The van der Waals surface area contributed by atoms with Gasteiger partial charge >= 0.3 is 6.09 Å². The summed E-state index contributed by atoms with van der Waals surface area (Å²) in [6, 6.07) is 4.81. The molecule has 1 fully saturated rings. The number of nitrogens with two attached hydrogens (primary N) is 1. The quantitative estimate of drug-likeness (QED) is 0.879. The van der Waals surface area contributed by atoms with E-state index >= 15 is 0 Å². The van der Waals surface area contributed by atoms with Gasteiger partial charge < -0.3 is 15.4 Å². The van der Waals surface area contributed by atoms with E-state index in [-0.39, 0.29) is 18.0 Å². The third kappa shape index (κ3) is 4.92. The van der Waals surface area contributed by atoms with E-state index in [9.17, 15) is 14.0 Å². The molecule has 0 aromatic heterocycles. The SMILES string of the molecule is CC(C)(C)OC(=O)N1CC[C@H](N[C@H](C(N)=O)c2ccc(F)cc2)C1. The molecule has 0 unspecified atom stereocenters. The van der Waals surface area contributed by atoms with Crippen molar-refractivity contribution in [2.75, 3.05) is 13.1 Å². The van der Waals surface area contributed by atoms with Gasteiger partial charge in [0.25, 0.3) is 0 Å². The molecule has 1 aliphatic heterocycles. The van der Waals surface area contributed by atoms with E-state index in [4.69, 9.17) is 10.5 Å². The topological polar surface area (TPSA) is 84.7 Å². The lowest BCUT2D eigenvalue weighted by Gasteiger charge is -2.25. The molecule has 2 atom stereocenters. The molecule has 24 heavy (non-hydrogen) atoms. The summed E-state index contributed by atoms with van der Waals surface area (Å²) in [4.78, 5) is 25.4. The highest BCUT2D eigenvalue weighted by atomic mass is 19.1. The summed E-state index contributed by atoms with van der Waals surface area (Å²) in [5.41, 5.74) is 5.51. The number of hydrogen-bond donors (Lipinski definition) is 2. The highest BCUT2D eigenvalue weighted by Gasteiger charge is 2.32. The van der Waals surface area contributed by atoms with Crippen LogP contribution in [0.4, 0.5) is 9.18 Å². The average molecular weight is 337 g/mol. The first-order chi connectivity index (χ1) is 11.2. The van der Waals surface area contributed by atoms with Crippen molar-refractivity contribution in [3.63, 3.8) is 0 Å². The van der Waals surface area contributed by atoms with Gasteiger partial charge in [0.2, 0.25) is 5.91 Å². The number of nitrogens with one attached hydrogen (secondary N) is 1. The Morgan fingerprint density at radius 3 is 2.50 bits per heavy atom. The second kappa shape index (κ2) is 7.17. The van der Waals surface area contributed by atoms with Crippen LogP contribution < -0.4 is 11.1 Å². The van der Waals surface area contributed by atoms with E-state index in [0.29, 0.717) is 25.1 Å². The standard InChI is InChI=1S/C17H24FN3O3/c1-17(2,3)24-16(23)21-9-8-13(10-21)20-14(15(19)22)11-4-6-12(18)7-5-11/h4-7,13-14,20H,8-10H2,1-3H3,(H2,19,22)/t13-,14-/m0/s1. The first-order valence-corrected chi connectivity index (χ1v) is 7.94. The number of primary amides is 1. The molecule has 3 N–H and O–H groups in total. The predicted molar refractivity (Wildman–Crippen MR) is 87.7 cm³/mol. The Labute approximate surface area is 141 Å². The third-order valence-corrected chi connectivity index (χ3v) is 3.73. The second-order valence-corrected chi connectivity index (χ2v) is 6.97. The highest BCUT2D eigenvalue weighted by Crippen LogP contribution is 2.19. The minimum absolute atomic E-state index is 0.0833. The zero-order valence-electron chi connectivity index (χ0n) is 14.2. The maximum Gasteiger partial charge on any atom is 0.410 e. The lowest BCUT2D eigenvalue weighted by Crippen LogP contribution is -2.42. The van der Waals surface area contributed by atoms with Gasteiger partial charge in [0.1, 0.15) is 17.5 Å². The Bertz CT molecular complexity index is 598. The van der Waals surface area contributed by atoms with Gasteiger partial charge in [-0.05, 0) is 44.9 Å². The molecule has 132 valence electrons. The van der Waals surface area contributed by atoms with Gasteiger partial charge in [-0.3, -0.25) is 10.1 Å². The van der Waals surface area contributed by atoms with Gasteiger partial charge in [0.15, 0.2) is 0 Å². The number of hydrogen-bond acceptors (Lipinski definition) is 4. The van der Waals surface area contributed by atoms with Crippen molar-refractivity contribution in [1.82, 2.24) is 10.2 Å². The molecule has 0 spiro atoms. The van der Waals surface area contributed by atoms with Crippen LogP contribution in [-0.2, 0) is 9.53 Å². The molecule has 1 aromatic carbocycles. The number of rotatable bonds is 4. The number of nitrogens with zero attached hydrogens (tertiary/aromatic N) is 1. The lowest BCUT2D eigenvalue weighted by atomic mass is 10.0. The average Bonchev–Trinajstić information content (AvgIpc) is 2.92. The molecule has 2 rings (SSSR count). The molecule has 0 aliphatic carbocycles. The van der Waals surface area contributed by atoms with E-state index in [0.717, 1.165) is 0 Å². The summed E-state index contributed by atoms with van der Waals surface area (Å²) in [6.45, 7) is 6.42. The molecule has 1 aromatic rings. The van der Waals surface area contributed by atoms with Crippen molar-refractivity contribution in [1.29, 1.82) is 0 Å². The summed E-state index contributed by atoms with van der Waals surface area (Å²) in [5, 5.41) is 3.15. The summed E-state index contributed by atoms with van der Waals surface area (Å²) < 4.78 is 18.4. The number of likely N-dealkylation sites (tertiary alicyclic amines) is 1. The van der Waals surface area contributed by atoms with E-state index in [1.165, 1.54) is 24.3 Å². The van der Waals surface area contributed by atoms with Crippen molar-refractivity contribution in [3.8, 4) is 0 Å². The van der Waals surface area contributed by atoms with Crippen molar-refractivity contribution >= 4 is 12.0 Å². The van der Waals surface area contributed by atoms with Gasteiger partial charge in [-0.15, -0.1) is 0 Å². The van der Waals surface area contributed by atoms with Gasteiger partial charge in [-0.1, -0.05) is 12.1 Å². The Kier molecular flexibility index (Phi) is 5.43. The normalized spacial score (nSPS) is 19.2. The fraction of sp³-hybridized carbons (Fsp3) is 0.529. The molecule has 1 heterocycles.